The lowest BCUT2D eigenvalue weighted by Crippen LogP contribution is -2.42. The van der Waals surface area contributed by atoms with Crippen molar-refractivity contribution in [2.45, 2.75) is 24.7 Å². The van der Waals surface area contributed by atoms with E-state index in [4.69, 9.17) is 5.73 Å². The zero-order valence-electron chi connectivity index (χ0n) is 15.6. The van der Waals surface area contributed by atoms with Crippen LogP contribution in [0.4, 0.5) is 10.2 Å². The molecule has 2 heterocycles. The number of benzene rings is 1. The Hall–Kier alpha value is -3.55. The van der Waals surface area contributed by atoms with Crippen LogP contribution in [-0.4, -0.2) is 32.7 Å². The van der Waals surface area contributed by atoms with Gasteiger partial charge in [-0.25, -0.2) is 4.39 Å². The second kappa shape index (κ2) is 7.46. The van der Waals surface area contributed by atoms with Gasteiger partial charge in [-0.1, -0.05) is 6.42 Å². The number of carbonyl (C=O) groups is 1. The van der Waals surface area contributed by atoms with Gasteiger partial charge in [0.1, 0.15) is 17.4 Å². The highest BCUT2D eigenvalue weighted by atomic mass is 19.1. The van der Waals surface area contributed by atoms with Crippen LogP contribution in [0.5, 0.6) is 5.75 Å². The van der Waals surface area contributed by atoms with Crippen molar-refractivity contribution in [2.24, 2.45) is 5.73 Å². The first-order valence-corrected chi connectivity index (χ1v) is 9.30. The number of nitrogens with two attached hydrogens (primary N) is 1. The molecule has 1 saturated carbocycles. The van der Waals surface area contributed by atoms with E-state index in [2.05, 4.69) is 20.5 Å². The van der Waals surface area contributed by atoms with E-state index in [1.54, 1.807) is 24.4 Å². The Balaban J connectivity index is 1.51. The highest BCUT2D eigenvalue weighted by Gasteiger charge is 2.41. The number of rotatable bonds is 6. The normalized spacial score (nSPS) is 14.8. The molecule has 0 radical (unpaired) electrons. The second-order valence-corrected chi connectivity index (χ2v) is 7.22. The molecular formula is C21H20FN5O2. The maximum absolute atomic E-state index is 14.2. The van der Waals surface area contributed by atoms with Crippen molar-refractivity contribution in [2.75, 3.05) is 11.9 Å². The summed E-state index contributed by atoms with van der Waals surface area (Å²) in [5.41, 5.74) is 6.47. The number of phenols is 1. The number of nitrogens with one attached hydrogen (secondary N) is 1. The number of phenolic OH excluding ortho intramolecular Hbond substituents is 1. The Labute approximate surface area is 166 Å². The van der Waals surface area contributed by atoms with Crippen LogP contribution in [-0.2, 0) is 5.41 Å². The highest BCUT2D eigenvalue weighted by Crippen LogP contribution is 2.43. The third kappa shape index (κ3) is 3.61. The van der Waals surface area contributed by atoms with Crippen molar-refractivity contribution < 1.29 is 14.3 Å². The summed E-state index contributed by atoms with van der Waals surface area (Å²) in [6.45, 7) is 0.497. The number of aromatic hydroxyl groups is 1. The molecule has 7 nitrogen and oxygen atoms in total. The van der Waals surface area contributed by atoms with Crippen LogP contribution < -0.4 is 11.1 Å². The molecule has 1 aromatic carbocycles. The number of pyridine rings is 1. The third-order valence-corrected chi connectivity index (χ3v) is 5.40. The minimum atomic E-state index is -0.593. The van der Waals surface area contributed by atoms with Gasteiger partial charge in [0, 0.05) is 29.3 Å². The number of hydrogen-bond acceptors (Lipinski definition) is 6. The molecule has 1 fully saturated rings. The van der Waals surface area contributed by atoms with Gasteiger partial charge in [0.2, 0.25) is 5.91 Å². The molecule has 0 unspecified atom stereocenters. The summed E-state index contributed by atoms with van der Waals surface area (Å²) in [4.78, 5) is 15.6. The molecule has 1 aliphatic rings. The van der Waals surface area contributed by atoms with E-state index in [1.165, 1.54) is 24.3 Å². The summed E-state index contributed by atoms with van der Waals surface area (Å²) in [7, 11) is 0. The van der Waals surface area contributed by atoms with Gasteiger partial charge >= 0.3 is 0 Å². The molecule has 3 aromatic rings. The number of primary amides is 1. The molecule has 4 rings (SSSR count). The molecule has 2 aromatic heterocycles. The second-order valence-electron chi connectivity index (χ2n) is 7.22. The first-order valence-electron chi connectivity index (χ1n) is 9.30. The number of halogens is 1. The van der Waals surface area contributed by atoms with Gasteiger partial charge in [-0.05, 0) is 55.3 Å². The molecule has 29 heavy (non-hydrogen) atoms. The molecule has 0 aliphatic heterocycles. The van der Waals surface area contributed by atoms with Crippen LogP contribution in [0.2, 0.25) is 0 Å². The Morgan fingerprint density at radius 2 is 2.03 bits per heavy atom. The van der Waals surface area contributed by atoms with E-state index in [1.807, 2.05) is 0 Å². The van der Waals surface area contributed by atoms with Gasteiger partial charge in [-0.3, -0.25) is 9.78 Å². The van der Waals surface area contributed by atoms with Gasteiger partial charge in [-0.15, -0.1) is 10.2 Å². The fourth-order valence-corrected chi connectivity index (χ4v) is 3.60. The Morgan fingerprint density at radius 3 is 2.66 bits per heavy atom. The number of aromatic nitrogens is 3. The smallest absolute Gasteiger partial charge is 0.248 e. The minimum Gasteiger partial charge on any atom is -0.507 e. The van der Waals surface area contributed by atoms with Crippen LogP contribution in [0.1, 0.15) is 35.3 Å². The van der Waals surface area contributed by atoms with Crippen molar-refractivity contribution in [3.05, 3.63) is 65.7 Å². The molecule has 0 spiro atoms. The van der Waals surface area contributed by atoms with E-state index in [0.29, 0.717) is 29.3 Å². The molecule has 1 amide bonds. The highest BCUT2D eigenvalue weighted by molar-refractivity contribution is 5.94. The van der Waals surface area contributed by atoms with Gasteiger partial charge in [0.15, 0.2) is 0 Å². The van der Waals surface area contributed by atoms with Crippen LogP contribution in [0.15, 0.2) is 48.7 Å². The van der Waals surface area contributed by atoms with Gasteiger partial charge in [0.25, 0.3) is 0 Å². The number of nitrogens with zero attached hydrogens (tertiary/aromatic N) is 3. The lowest BCUT2D eigenvalue weighted by molar-refractivity contribution is 0.100. The average Bonchev–Trinajstić information content (AvgIpc) is 2.69. The first kappa shape index (κ1) is 18.8. The van der Waals surface area contributed by atoms with E-state index in [-0.39, 0.29) is 22.5 Å². The maximum atomic E-state index is 14.2. The maximum Gasteiger partial charge on any atom is 0.248 e. The predicted octanol–water partition coefficient (Wildman–Crippen LogP) is 3.02. The molecule has 0 saturated heterocycles. The summed E-state index contributed by atoms with van der Waals surface area (Å²) < 4.78 is 14.2. The molecule has 0 atom stereocenters. The van der Waals surface area contributed by atoms with Crippen molar-refractivity contribution in [1.29, 1.82) is 0 Å². The lowest BCUT2D eigenvalue weighted by atomic mass is 9.66. The van der Waals surface area contributed by atoms with Crippen LogP contribution in [0, 0.1) is 5.82 Å². The third-order valence-electron chi connectivity index (χ3n) is 5.40. The minimum absolute atomic E-state index is 0.0240. The van der Waals surface area contributed by atoms with Crippen LogP contribution in [0.3, 0.4) is 0 Å². The Kier molecular flexibility index (Phi) is 4.84. The van der Waals surface area contributed by atoms with Crippen molar-refractivity contribution in [3.63, 3.8) is 0 Å². The fraction of sp³-hybridized carbons (Fsp3) is 0.238. The average molecular weight is 393 g/mol. The predicted molar refractivity (Wildman–Crippen MR) is 106 cm³/mol. The van der Waals surface area contributed by atoms with Crippen molar-refractivity contribution in [3.8, 4) is 17.0 Å². The number of carbonyl (C=O) groups excluding carboxylic acids is 1. The topological polar surface area (TPSA) is 114 Å². The summed E-state index contributed by atoms with van der Waals surface area (Å²) in [5, 5.41) is 21.6. The zero-order valence-corrected chi connectivity index (χ0v) is 15.6. The fourth-order valence-electron chi connectivity index (χ4n) is 3.60. The Bertz CT molecular complexity index is 1050. The first-order chi connectivity index (χ1) is 14.0. The SMILES string of the molecule is NC(=O)c1ccc(O)c(-c2ccc(NCC3(c4ncccc4F)CCC3)nn2)c1. The standard InChI is InChI=1S/C21H20FN5O2/c22-15-3-1-10-24-19(15)21(8-2-9-21)12-25-18-7-5-16(26-27-18)14-11-13(20(23)29)4-6-17(14)28/h1,3-7,10-11,28H,2,8-9,12H2,(H2,23,29)(H,25,27). The summed E-state index contributed by atoms with van der Waals surface area (Å²) in [6, 6.07) is 10.7. The number of anilines is 1. The Morgan fingerprint density at radius 1 is 1.21 bits per heavy atom. The molecule has 0 bridgehead atoms. The van der Waals surface area contributed by atoms with Gasteiger partial charge < -0.3 is 16.2 Å². The van der Waals surface area contributed by atoms with E-state index in [9.17, 15) is 14.3 Å². The van der Waals surface area contributed by atoms with Crippen LogP contribution >= 0.6 is 0 Å². The quantitative estimate of drug-likeness (QED) is 0.593. The van der Waals surface area contributed by atoms with E-state index >= 15 is 0 Å². The van der Waals surface area contributed by atoms with Crippen molar-refractivity contribution >= 4 is 11.7 Å². The van der Waals surface area contributed by atoms with Gasteiger partial charge in [0.05, 0.1) is 11.4 Å². The van der Waals surface area contributed by atoms with E-state index in [0.717, 1.165) is 19.3 Å². The molecule has 148 valence electrons. The monoisotopic (exact) mass is 393 g/mol. The molecule has 8 heteroatoms. The summed E-state index contributed by atoms with van der Waals surface area (Å²) in [5.74, 6) is -0.378. The largest absolute Gasteiger partial charge is 0.507 e. The molecule has 4 N–H and O–H groups in total. The zero-order chi connectivity index (χ0) is 20.4. The summed E-state index contributed by atoms with van der Waals surface area (Å²) in [6.07, 6.45) is 4.35. The van der Waals surface area contributed by atoms with Gasteiger partial charge in [-0.2, -0.15) is 0 Å². The lowest BCUT2D eigenvalue weighted by Gasteiger charge is -2.41. The van der Waals surface area contributed by atoms with Crippen molar-refractivity contribution in [1.82, 2.24) is 15.2 Å². The number of amides is 1. The van der Waals surface area contributed by atoms with Crippen LogP contribution in [0.25, 0.3) is 11.3 Å². The van der Waals surface area contributed by atoms with E-state index < -0.39 is 5.91 Å². The molecule has 1 aliphatic carbocycles. The molecular weight excluding hydrogens is 373 g/mol. The summed E-state index contributed by atoms with van der Waals surface area (Å²) >= 11 is 0. The number of hydrogen-bond donors (Lipinski definition) is 3.